The molecule has 1 saturated heterocycles. The summed E-state index contributed by atoms with van der Waals surface area (Å²) >= 11 is 12.0. The van der Waals surface area contributed by atoms with Crippen LogP contribution in [-0.2, 0) is 20.1 Å². The van der Waals surface area contributed by atoms with E-state index in [1.807, 2.05) is 13.8 Å². The Bertz CT molecular complexity index is 1560. The van der Waals surface area contributed by atoms with Crippen molar-refractivity contribution in [2.45, 2.75) is 23.6 Å². The van der Waals surface area contributed by atoms with E-state index in [2.05, 4.69) is 4.90 Å². The Morgan fingerprint density at radius 1 is 0.925 bits per heavy atom. The second-order valence-electron chi connectivity index (χ2n) is 8.72. The molecule has 0 amide bonds. The van der Waals surface area contributed by atoms with Gasteiger partial charge in [-0.15, -0.1) is 0 Å². The summed E-state index contributed by atoms with van der Waals surface area (Å²) in [4.78, 5) is 12.4. The largest absolute Gasteiger partial charge is 0.456 e. The Morgan fingerprint density at radius 2 is 1.50 bits per heavy atom. The summed E-state index contributed by atoms with van der Waals surface area (Å²) in [5, 5.41) is 11.8. The standard InChI is InChI=1S/C18H19Cl2N3O5S.C7H8O3S/c1-2-21-5-7-22(8-6-21)29(26,27)18-12-15(23(24)25)3-4-17(18)28-16-10-13(19)9-14(20)11-16;1-6-2-4-7(5-3-6)11(8,9)10/h3-4,9-12H,2,5-8H2,1H3;2-5H,1H3,(H,8,9,10). The van der Waals surface area contributed by atoms with Gasteiger partial charge in [-0.3, -0.25) is 14.7 Å². The fourth-order valence-electron chi connectivity index (χ4n) is 3.75. The van der Waals surface area contributed by atoms with Crippen molar-refractivity contribution in [1.82, 2.24) is 9.21 Å². The first-order chi connectivity index (χ1) is 18.7. The predicted molar refractivity (Wildman–Crippen MR) is 151 cm³/mol. The molecule has 4 rings (SSSR count). The summed E-state index contributed by atoms with van der Waals surface area (Å²) in [6.07, 6.45) is 0. The third-order valence-electron chi connectivity index (χ3n) is 5.92. The van der Waals surface area contributed by atoms with Crippen LogP contribution in [0, 0.1) is 17.0 Å². The molecule has 3 aromatic rings. The van der Waals surface area contributed by atoms with Gasteiger partial charge in [0.2, 0.25) is 10.0 Å². The normalized spacial score (nSPS) is 14.7. The molecule has 0 unspecified atom stereocenters. The Hall–Kier alpha value is -2.78. The monoisotopic (exact) mass is 631 g/mol. The first-order valence-electron chi connectivity index (χ1n) is 11.9. The van der Waals surface area contributed by atoms with E-state index in [1.165, 1.54) is 46.8 Å². The molecule has 1 aliphatic rings. The first-order valence-corrected chi connectivity index (χ1v) is 15.5. The Balaban J connectivity index is 0.000000336. The quantitative estimate of drug-likeness (QED) is 0.209. The molecule has 0 atom stereocenters. The number of non-ortho nitro benzene ring substituents is 1. The summed E-state index contributed by atoms with van der Waals surface area (Å²) in [7, 11) is -8.03. The third-order valence-corrected chi connectivity index (χ3v) is 9.14. The molecule has 0 aromatic heterocycles. The zero-order valence-electron chi connectivity index (χ0n) is 21.5. The van der Waals surface area contributed by atoms with Crippen molar-refractivity contribution < 1.29 is 31.0 Å². The Kier molecular flexibility index (Phi) is 10.5. The van der Waals surface area contributed by atoms with Crippen LogP contribution in [0.2, 0.25) is 10.0 Å². The van der Waals surface area contributed by atoms with Gasteiger partial charge in [0.15, 0.2) is 0 Å². The highest BCUT2D eigenvalue weighted by Crippen LogP contribution is 2.36. The molecule has 0 saturated carbocycles. The number of benzene rings is 3. The maximum Gasteiger partial charge on any atom is 0.294 e. The number of hydrogen-bond acceptors (Lipinski definition) is 8. The maximum atomic E-state index is 13.3. The molecule has 1 aliphatic heterocycles. The number of sulfonamides is 1. The molecule has 0 aliphatic carbocycles. The van der Waals surface area contributed by atoms with Gasteiger partial charge in [-0.25, -0.2) is 8.42 Å². The van der Waals surface area contributed by atoms with Crippen LogP contribution in [-0.4, -0.2) is 68.2 Å². The molecule has 0 radical (unpaired) electrons. The van der Waals surface area contributed by atoms with Crippen LogP contribution < -0.4 is 4.74 Å². The lowest BCUT2D eigenvalue weighted by atomic mass is 10.2. The highest BCUT2D eigenvalue weighted by atomic mass is 35.5. The molecular formula is C25H27Cl2N3O8S2. The molecule has 1 N–H and O–H groups in total. The number of nitro benzene ring substituents is 1. The van der Waals surface area contributed by atoms with E-state index in [9.17, 15) is 26.9 Å². The second kappa shape index (κ2) is 13.3. The average Bonchev–Trinajstić information content (AvgIpc) is 2.88. The summed E-state index contributed by atoms with van der Waals surface area (Å²) in [6.45, 7) is 6.44. The van der Waals surface area contributed by atoms with E-state index in [-0.39, 0.29) is 27.0 Å². The van der Waals surface area contributed by atoms with Gasteiger partial charge in [-0.1, -0.05) is 47.8 Å². The topological polar surface area (TPSA) is 147 Å². The SMILES string of the molecule is CCN1CCN(S(=O)(=O)c2cc([N+](=O)[O-])ccc2Oc2cc(Cl)cc(Cl)c2)CC1.Cc1ccc(S(=O)(=O)O)cc1. The molecule has 3 aromatic carbocycles. The number of likely N-dealkylation sites (N-methyl/N-ethyl adjacent to an activating group) is 1. The number of hydrogen-bond donors (Lipinski definition) is 1. The van der Waals surface area contributed by atoms with Gasteiger partial charge in [0.1, 0.15) is 16.4 Å². The number of halogens is 2. The number of nitro groups is 1. The van der Waals surface area contributed by atoms with Crippen molar-refractivity contribution in [3.05, 3.63) is 86.4 Å². The van der Waals surface area contributed by atoms with E-state index in [0.29, 0.717) is 36.2 Å². The second-order valence-corrected chi connectivity index (χ2v) is 12.9. The van der Waals surface area contributed by atoms with Crippen molar-refractivity contribution in [2.75, 3.05) is 32.7 Å². The summed E-state index contributed by atoms with van der Waals surface area (Å²) in [5.41, 5.74) is 0.615. The maximum absolute atomic E-state index is 13.3. The number of nitrogens with zero attached hydrogens (tertiary/aromatic N) is 3. The van der Waals surface area contributed by atoms with E-state index in [0.717, 1.165) is 18.2 Å². The van der Waals surface area contributed by atoms with Crippen LogP contribution in [0.25, 0.3) is 0 Å². The molecule has 11 nitrogen and oxygen atoms in total. The molecule has 1 fully saturated rings. The lowest BCUT2D eigenvalue weighted by Gasteiger charge is -2.33. The van der Waals surface area contributed by atoms with E-state index in [1.54, 1.807) is 12.1 Å². The van der Waals surface area contributed by atoms with Crippen molar-refractivity contribution in [1.29, 1.82) is 0 Å². The van der Waals surface area contributed by atoms with Crippen molar-refractivity contribution in [3.63, 3.8) is 0 Å². The van der Waals surface area contributed by atoms with Crippen LogP contribution in [0.15, 0.2) is 70.5 Å². The molecule has 0 spiro atoms. The van der Waals surface area contributed by atoms with Gasteiger partial charge < -0.3 is 9.64 Å². The molecule has 0 bridgehead atoms. The molecule has 40 heavy (non-hydrogen) atoms. The molecule has 216 valence electrons. The highest BCUT2D eigenvalue weighted by molar-refractivity contribution is 7.89. The van der Waals surface area contributed by atoms with Gasteiger partial charge in [0, 0.05) is 48.4 Å². The number of aryl methyl sites for hydroxylation is 1. The zero-order valence-corrected chi connectivity index (χ0v) is 24.7. The fraction of sp³-hybridized carbons (Fsp3) is 0.280. The van der Waals surface area contributed by atoms with E-state index < -0.39 is 25.1 Å². The Labute approximate surface area is 242 Å². The van der Waals surface area contributed by atoms with Gasteiger partial charge in [0.05, 0.1) is 9.82 Å². The van der Waals surface area contributed by atoms with Crippen LogP contribution in [0.4, 0.5) is 5.69 Å². The van der Waals surface area contributed by atoms with Crippen LogP contribution >= 0.6 is 23.2 Å². The number of piperazine rings is 1. The number of ether oxygens (including phenoxy) is 1. The molecule has 15 heteroatoms. The van der Waals surface area contributed by atoms with Gasteiger partial charge >= 0.3 is 0 Å². The molecule has 1 heterocycles. The first kappa shape index (κ1) is 31.7. The van der Waals surface area contributed by atoms with Gasteiger partial charge in [-0.2, -0.15) is 12.7 Å². The third kappa shape index (κ3) is 8.36. The van der Waals surface area contributed by atoms with Crippen LogP contribution in [0.1, 0.15) is 12.5 Å². The minimum atomic E-state index is -4.02. The summed E-state index contributed by atoms with van der Waals surface area (Å²) in [6, 6.07) is 13.9. The number of rotatable bonds is 7. The van der Waals surface area contributed by atoms with Gasteiger partial charge in [-0.05, 0) is 49.9 Å². The lowest BCUT2D eigenvalue weighted by Crippen LogP contribution is -2.48. The van der Waals surface area contributed by atoms with Gasteiger partial charge in [0.25, 0.3) is 15.8 Å². The Morgan fingerprint density at radius 3 is 2.00 bits per heavy atom. The van der Waals surface area contributed by atoms with Crippen molar-refractivity contribution >= 4 is 49.0 Å². The van der Waals surface area contributed by atoms with Crippen LogP contribution in [0.3, 0.4) is 0 Å². The fourth-order valence-corrected chi connectivity index (χ4v) is 6.29. The van der Waals surface area contributed by atoms with E-state index in [4.69, 9.17) is 32.5 Å². The molecular weight excluding hydrogens is 605 g/mol. The zero-order chi connectivity index (χ0) is 29.7. The highest BCUT2D eigenvalue weighted by Gasteiger charge is 2.32. The average molecular weight is 633 g/mol. The lowest BCUT2D eigenvalue weighted by molar-refractivity contribution is -0.385. The van der Waals surface area contributed by atoms with Crippen LogP contribution in [0.5, 0.6) is 11.5 Å². The predicted octanol–water partition coefficient (Wildman–Crippen LogP) is 5.26. The minimum Gasteiger partial charge on any atom is -0.456 e. The van der Waals surface area contributed by atoms with Crippen molar-refractivity contribution in [3.8, 4) is 11.5 Å². The van der Waals surface area contributed by atoms with E-state index >= 15 is 0 Å². The minimum absolute atomic E-state index is 0.0353. The summed E-state index contributed by atoms with van der Waals surface area (Å²) in [5.74, 6) is 0.190. The van der Waals surface area contributed by atoms with Crippen molar-refractivity contribution in [2.24, 2.45) is 0 Å². The smallest absolute Gasteiger partial charge is 0.294 e. The summed E-state index contributed by atoms with van der Waals surface area (Å²) < 4.78 is 63.1.